The van der Waals surface area contributed by atoms with Crippen molar-refractivity contribution in [2.75, 3.05) is 25.1 Å². The molecular formula is C24H25N3O2. The van der Waals surface area contributed by atoms with Crippen molar-refractivity contribution in [1.82, 2.24) is 10.3 Å². The van der Waals surface area contributed by atoms with Crippen LogP contribution >= 0.6 is 0 Å². The van der Waals surface area contributed by atoms with Gasteiger partial charge in [0.1, 0.15) is 11.4 Å². The number of nitrogens with zero attached hydrogens (tertiary/aromatic N) is 2. The highest BCUT2D eigenvalue weighted by Gasteiger charge is 2.24. The number of aromatic nitrogens is 1. The smallest absolute Gasteiger partial charge is 0.270 e. The molecule has 2 aromatic carbocycles. The van der Waals surface area contributed by atoms with Crippen molar-refractivity contribution in [3.05, 3.63) is 89.7 Å². The fourth-order valence-corrected chi connectivity index (χ4v) is 3.75. The van der Waals surface area contributed by atoms with Crippen molar-refractivity contribution < 1.29 is 9.53 Å². The molecule has 5 heteroatoms. The number of anilines is 1. The van der Waals surface area contributed by atoms with Gasteiger partial charge in [-0.1, -0.05) is 42.5 Å². The summed E-state index contributed by atoms with van der Waals surface area (Å²) >= 11 is 0. The Balaban J connectivity index is 1.40. The van der Waals surface area contributed by atoms with Crippen LogP contribution in [-0.2, 0) is 6.54 Å². The van der Waals surface area contributed by atoms with Crippen LogP contribution in [0.1, 0.15) is 34.0 Å². The lowest BCUT2D eigenvalue weighted by molar-refractivity contribution is 0.0946. The minimum atomic E-state index is -0.151. The number of ether oxygens (including phenoxy) is 1. The van der Waals surface area contributed by atoms with E-state index in [0.717, 1.165) is 36.5 Å². The highest BCUT2D eigenvalue weighted by molar-refractivity contribution is 5.93. The molecule has 1 fully saturated rings. The van der Waals surface area contributed by atoms with Gasteiger partial charge in [-0.05, 0) is 41.8 Å². The molecule has 1 atom stereocenters. The van der Waals surface area contributed by atoms with E-state index in [0.29, 0.717) is 18.2 Å². The van der Waals surface area contributed by atoms with Gasteiger partial charge in [0.05, 0.1) is 7.11 Å². The minimum absolute atomic E-state index is 0.151. The molecule has 1 unspecified atom stereocenters. The molecule has 0 spiro atoms. The lowest BCUT2D eigenvalue weighted by atomic mass is 9.98. The standard InChI is InChI=1S/C24H25N3O2/c1-29-22-9-7-19(8-10-22)20-12-14-27(17-20)21-11-13-25-23(15-21)24(28)26-16-18-5-3-2-4-6-18/h2-11,13,15,20H,12,14,16-17H2,1H3,(H,26,28). The molecule has 1 N–H and O–H groups in total. The highest BCUT2D eigenvalue weighted by atomic mass is 16.5. The molecule has 0 aliphatic carbocycles. The molecule has 5 nitrogen and oxygen atoms in total. The lowest BCUT2D eigenvalue weighted by Crippen LogP contribution is -2.25. The summed E-state index contributed by atoms with van der Waals surface area (Å²) in [6.07, 6.45) is 2.80. The van der Waals surface area contributed by atoms with Crippen molar-refractivity contribution in [1.29, 1.82) is 0 Å². The molecule has 1 aliphatic heterocycles. The van der Waals surface area contributed by atoms with Gasteiger partial charge in [0.15, 0.2) is 0 Å². The van der Waals surface area contributed by atoms with Crippen molar-refractivity contribution in [3.8, 4) is 5.75 Å². The van der Waals surface area contributed by atoms with E-state index in [1.165, 1.54) is 5.56 Å². The second kappa shape index (κ2) is 8.78. The summed E-state index contributed by atoms with van der Waals surface area (Å²) in [5.41, 5.74) is 3.88. The zero-order valence-corrected chi connectivity index (χ0v) is 16.5. The van der Waals surface area contributed by atoms with Gasteiger partial charge in [0.25, 0.3) is 5.91 Å². The second-order valence-corrected chi connectivity index (χ2v) is 7.27. The maximum atomic E-state index is 12.5. The number of hydrogen-bond donors (Lipinski definition) is 1. The average Bonchev–Trinajstić information content (AvgIpc) is 3.29. The molecule has 1 saturated heterocycles. The number of hydrogen-bond acceptors (Lipinski definition) is 4. The van der Waals surface area contributed by atoms with Crippen LogP contribution in [0.3, 0.4) is 0 Å². The van der Waals surface area contributed by atoms with Gasteiger partial charge in [0, 0.05) is 37.4 Å². The van der Waals surface area contributed by atoms with Gasteiger partial charge in [-0.2, -0.15) is 0 Å². The van der Waals surface area contributed by atoms with Gasteiger partial charge < -0.3 is 15.0 Å². The third-order valence-corrected chi connectivity index (χ3v) is 5.41. The zero-order valence-electron chi connectivity index (χ0n) is 16.5. The Morgan fingerprint density at radius 2 is 1.93 bits per heavy atom. The Kier molecular flexibility index (Phi) is 5.75. The van der Waals surface area contributed by atoms with Crippen molar-refractivity contribution in [2.24, 2.45) is 0 Å². The molecule has 0 radical (unpaired) electrons. The van der Waals surface area contributed by atoms with Crippen LogP contribution < -0.4 is 15.0 Å². The number of methoxy groups -OCH3 is 1. The summed E-state index contributed by atoms with van der Waals surface area (Å²) in [6, 6.07) is 22.1. The molecule has 3 aromatic rings. The first-order valence-corrected chi connectivity index (χ1v) is 9.90. The van der Waals surface area contributed by atoms with Crippen LogP contribution in [0.25, 0.3) is 0 Å². The van der Waals surface area contributed by atoms with Crippen LogP contribution in [0.15, 0.2) is 72.9 Å². The number of benzene rings is 2. The normalized spacial score (nSPS) is 15.9. The molecule has 1 aromatic heterocycles. The Hall–Kier alpha value is -3.34. The molecule has 4 rings (SSSR count). The van der Waals surface area contributed by atoms with Crippen molar-refractivity contribution in [3.63, 3.8) is 0 Å². The molecule has 148 valence electrons. The van der Waals surface area contributed by atoms with Gasteiger partial charge in [-0.25, -0.2) is 0 Å². The van der Waals surface area contributed by atoms with E-state index in [-0.39, 0.29) is 5.91 Å². The first-order valence-electron chi connectivity index (χ1n) is 9.90. The van der Waals surface area contributed by atoms with E-state index in [2.05, 4.69) is 27.3 Å². The van der Waals surface area contributed by atoms with Crippen LogP contribution in [0.4, 0.5) is 5.69 Å². The maximum Gasteiger partial charge on any atom is 0.270 e. The third-order valence-electron chi connectivity index (χ3n) is 5.41. The number of nitrogens with one attached hydrogen (secondary N) is 1. The van der Waals surface area contributed by atoms with E-state index in [1.807, 2.05) is 54.6 Å². The number of rotatable bonds is 6. The predicted molar refractivity (Wildman–Crippen MR) is 114 cm³/mol. The maximum absolute atomic E-state index is 12.5. The Labute approximate surface area is 171 Å². The summed E-state index contributed by atoms with van der Waals surface area (Å²) in [4.78, 5) is 19.1. The summed E-state index contributed by atoms with van der Waals surface area (Å²) in [5.74, 6) is 1.20. The second-order valence-electron chi connectivity index (χ2n) is 7.27. The van der Waals surface area contributed by atoms with Crippen LogP contribution in [0.5, 0.6) is 5.75 Å². The number of amides is 1. The molecule has 2 heterocycles. The number of pyridine rings is 1. The topological polar surface area (TPSA) is 54.5 Å². The Morgan fingerprint density at radius 1 is 1.14 bits per heavy atom. The molecule has 0 bridgehead atoms. The molecule has 1 amide bonds. The van der Waals surface area contributed by atoms with E-state index in [9.17, 15) is 4.79 Å². The summed E-state index contributed by atoms with van der Waals surface area (Å²) in [6.45, 7) is 2.39. The number of carbonyl (C=O) groups excluding carboxylic acids is 1. The summed E-state index contributed by atoms with van der Waals surface area (Å²) in [5, 5.41) is 2.95. The molecule has 1 aliphatic rings. The Bertz CT molecular complexity index is 957. The quantitative estimate of drug-likeness (QED) is 0.694. The van der Waals surface area contributed by atoms with Crippen molar-refractivity contribution >= 4 is 11.6 Å². The van der Waals surface area contributed by atoms with E-state index >= 15 is 0 Å². The fraction of sp³-hybridized carbons (Fsp3) is 0.250. The summed E-state index contributed by atoms with van der Waals surface area (Å²) < 4.78 is 5.25. The van der Waals surface area contributed by atoms with Crippen LogP contribution in [0, 0.1) is 0 Å². The third kappa shape index (κ3) is 4.57. The van der Waals surface area contributed by atoms with Crippen LogP contribution in [-0.4, -0.2) is 31.1 Å². The number of carbonyl (C=O) groups is 1. The van der Waals surface area contributed by atoms with Crippen LogP contribution in [0.2, 0.25) is 0 Å². The van der Waals surface area contributed by atoms with E-state index in [4.69, 9.17) is 4.74 Å². The van der Waals surface area contributed by atoms with E-state index in [1.54, 1.807) is 13.3 Å². The highest BCUT2D eigenvalue weighted by Crippen LogP contribution is 2.31. The van der Waals surface area contributed by atoms with Crippen molar-refractivity contribution in [2.45, 2.75) is 18.9 Å². The Morgan fingerprint density at radius 3 is 2.69 bits per heavy atom. The monoisotopic (exact) mass is 387 g/mol. The molecule has 0 saturated carbocycles. The first-order chi connectivity index (χ1) is 14.2. The SMILES string of the molecule is COc1ccc(C2CCN(c3ccnc(C(=O)NCc4ccccc4)c3)C2)cc1. The van der Waals surface area contributed by atoms with E-state index < -0.39 is 0 Å². The zero-order chi connectivity index (χ0) is 20.1. The van der Waals surface area contributed by atoms with Gasteiger partial charge in [0.2, 0.25) is 0 Å². The predicted octanol–water partition coefficient (Wildman–Crippen LogP) is 4.01. The minimum Gasteiger partial charge on any atom is -0.497 e. The fourth-order valence-electron chi connectivity index (χ4n) is 3.75. The first kappa shape index (κ1) is 19.0. The van der Waals surface area contributed by atoms with Gasteiger partial charge in [-0.3, -0.25) is 9.78 Å². The van der Waals surface area contributed by atoms with Gasteiger partial charge in [-0.15, -0.1) is 0 Å². The van der Waals surface area contributed by atoms with Gasteiger partial charge >= 0.3 is 0 Å². The lowest BCUT2D eigenvalue weighted by Gasteiger charge is -2.19. The summed E-state index contributed by atoms with van der Waals surface area (Å²) in [7, 11) is 1.68. The molecular weight excluding hydrogens is 362 g/mol. The molecule has 29 heavy (non-hydrogen) atoms. The average molecular weight is 387 g/mol. The largest absolute Gasteiger partial charge is 0.497 e.